The summed E-state index contributed by atoms with van der Waals surface area (Å²) in [6.07, 6.45) is 2.03. The third kappa shape index (κ3) is 5.53. The van der Waals surface area contributed by atoms with E-state index < -0.39 is 12.0 Å². The summed E-state index contributed by atoms with van der Waals surface area (Å²) in [5.41, 5.74) is 0. The molecule has 1 atom stereocenters. The molecule has 0 aromatic carbocycles. The summed E-state index contributed by atoms with van der Waals surface area (Å²) in [5.74, 6) is -1.38. The Morgan fingerprint density at radius 1 is 1.43 bits per heavy atom. The summed E-state index contributed by atoms with van der Waals surface area (Å²) in [7, 11) is 0. The summed E-state index contributed by atoms with van der Waals surface area (Å²) in [6, 6.07) is -0.968. The van der Waals surface area contributed by atoms with Gasteiger partial charge < -0.3 is 15.5 Å². The zero-order valence-electron chi connectivity index (χ0n) is 8.32. The van der Waals surface area contributed by atoms with E-state index in [1.807, 2.05) is 6.92 Å². The molecule has 0 fully saturated rings. The van der Waals surface area contributed by atoms with Crippen LogP contribution >= 0.6 is 0 Å². The molecule has 0 aromatic heterocycles. The van der Waals surface area contributed by atoms with Gasteiger partial charge in [-0.25, -0.2) is 4.79 Å². The van der Waals surface area contributed by atoms with Crippen molar-refractivity contribution in [3.05, 3.63) is 0 Å². The SMILES string of the molecule is CCCCC(=O)N[C@@H](CCO)C(=O)O. The summed E-state index contributed by atoms with van der Waals surface area (Å²) in [4.78, 5) is 21.7. The lowest BCUT2D eigenvalue weighted by molar-refractivity contribution is -0.142. The Kier molecular flexibility index (Phi) is 6.74. The molecule has 0 unspecified atom stereocenters. The molecule has 0 heterocycles. The highest BCUT2D eigenvalue weighted by Gasteiger charge is 2.18. The predicted molar refractivity (Wildman–Crippen MR) is 50.8 cm³/mol. The number of carboxylic acids is 1. The van der Waals surface area contributed by atoms with Crippen LogP contribution in [0.5, 0.6) is 0 Å². The van der Waals surface area contributed by atoms with E-state index in [-0.39, 0.29) is 18.9 Å². The highest BCUT2D eigenvalue weighted by atomic mass is 16.4. The molecule has 5 heteroatoms. The van der Waals surface area contributed by atoms with Crippen LogP contribution in [0.2, 0.25) is 0 Å². The van der Waals surface area contributed by atoms with Crippen molar-refractivity contribution in [1.82, 2.24) is 5.32 Å². The number of aliphatic hydroxyl groups excluding tert-OH is 1. The second kappa shape index (κ2) is 7.32. The predicted octanol–water partition coefficient (Wildman–Crippen LogP) is 0.128. The summed E-state index contributed by atoms with van der Waals surface area (Å²) in [6.45, 7) is 1.71. The maximum absolute atomic E-state index is 11.1. The number of rotatable bonds is 7. The minimum atomic E-state index is -1.11. The Hall–Kier alpha value is -1.10. The van der Waals surface area contributed by atoms with Gasteiger partial charge in [0.1, 0.15) is 6.04 Å². The van der Waals surface area contributed by atoms with E-state index >= 15 is 0 Å². The maximum Gasteiger partial charge on any atom is 0.326 e. The van der Waals surface area contributed by atoms with E-state index in [4.69, 9.17) is 10.2 Å². The Morgan fingerprint density at radius 2 is 2.07 bits per heavy atom. The van der Waals surface area contributed by atoms with Gasteiger partial charge >= 0.3 is 5.97 Å². The zero-order valence-corrected chi connectivity index (χ0v) is 8.32. The van der Waals surface area contributed by atoms with Crippen molar-refractivity contribution >= 4 is 11.9 Å². The Morgan fingerprint density at radius 3 is 2.50 bits per heavy atom. The lowest BCUT2D eigenvalue weighted by atomic mass is 10.2. The van der Waals surface area contributed by atoms with Gasteiger partial charge in [0.2, 0.25) is 5.91 Å². The fraction of sp³-hybridized carbons (Fsp3) is 0.778. The van der Waals surface area contributed by atoms with Crippen LogP contribution in [-0.2, 0) is 9.59 Å². The molecule has 3 N–H and O–H groups in total. The van der Waals surface area contributed by atoms with Crippen LogP contribution in [0, 0.1) is 0 Å². The normalized spacial score (nSPS) is 12.1. The second-order valence-corrected chi connectivity index (χ2v) is 3.07. The van der Waals surface area contributed by atoms with Crippen molar-refractivity contribution in [2.75, 3.05) is 6.61 Å². The first-order valence-electron chi connectivity index (χ1n) is 4.74. The van der Waals surface area contributed by atoms with Crippen molar-refractivity contribution < 1.29 is 19.8 Å². The molecule has 82 valence electrons. The van der Waals surface area contributed by atoms with Crippen molar-refractivity contribution in [2.45, 2.75) is 38.6 Å². The van der Waals surface area contributed by atoms with Gasteiger partial charge in [0.05, 0.1) is 0 Å². The zero-order chi connectivity index (χ0) is 11.0. The summed E-state index contributed by atoms with van der Waals surface area (Å²) < 4.78 is 0. The lowest BCUT2D eigenvalue weighted by Gasteiger charge is -2.12. The fourth-order valence-electron chi connectivity index (χ4n) is 0.990. The van der Waals surface area contributed by atoms with Gasteiger partial charge in [-0.15, -0.1) is 0 Å². The first-order valence-corrected chi connectivity index (χ1v) is 4.74. The molecule has 0 bridgehead atoms. The number of amides is 1. The van der Waals surface area contributed by atoms with Crippen LogP contribution in [-0.4, -0.2) is 34.7 Å². The molecule has 0 saturated carbocycles. The smallest absolute Gasteiger partial charge is 0.326 e. The van der Waals surface area contributed by atoms with Gasteiger partial charge in [0.25, 0.3) is 0 Å². The fourth-order valence-corrected chi connectivity index (χ4v) is 0.990. The number of aliphatic carboxylic acids is 1. The molecule has 0 rings (SSSR count). The van der Waals surface area contributed by atoms with Crippen LogP contribution in [0.4, 0.5) is 0 Å². The monoisotopic (exact) mass is 203 g/mol. The molecule has 0 aliphatic rings. The van der Waals surface area contributed by atoms with E-state index in [0.29, 0.717) is 6.42 Å². The number of carbonyl (C=O) groups is 2. The van der Waals surface area contributed by atoms with Crippen LogP contribution in [0.25, 0.3) is 0 Å². The molecule has 0 radical (unpaired) electrons. The van der Waals surface area contributed by atoms with Crippen molar-refractivity contribution in [2.24, 2.45) is 0 Å². The lowest BCUT2D eigenvalue weighted by Crippen LogP contribution is -2.41. The minimum Gasteiger partial charge on any atom is -0.480 e. The molecular formula is C9H17NO4. The van der Waals surface area contributed by atoms with E-state index in [1.54, 1.807) is 0 Å². The van der Waals surface area contributed by atoms with Crippen LogP contribution in [0.15, 0.2) is 0 Å². The molecular weight excluding hydrogens is 186 g/mol. The number of carboxylic acid groups (broad SMARTS) is 1. The van der Waals surface area contributed by atoms with E-state index in [0.717, 1.165) is 12.8 Å². The molecule has 0 aliphatic heterocycles. The largest absolute Gasteiger partial charge is 0.480 e. The van der Waals surface area contributed by atoms with Gasteiger partial charge in [-0.2, -0.15) is 0 Å². The Balaban J connectivity index is 3.90. The third-order valence-electron chi connectivity index (χ3n) is 1.81. The van der Waals surface area contributed by atoms with E-state index in [1.165, 1.54) is 0 Å². The third-order valence-corrected chi connectivity index (χ3v) is 1.81. The van der Waals surface area contributed by atoms with Crippen LogP contribution < -0.4 is 5.32 Å². The van der Waals surface area contributed by atoms with Crippen molar-refractivity contribution in [3.63, 3.8) is 0 Å². The number of carbonyl (C=O) groups excluding carboxylic acids is 1. The first-order chi connectivity index (χ1) is 6.61. The Bertz CT molecular complexity index is 193. The molecule has 0 aliphatic carbocycles. The van der Waals surface area contributed by atoms with Gasteiger partial charge in [0.15, 0.2) is 0 Å². The molecule has 5 nitrogen and oxygen atoms in total. The number of unbranched alkanes of at least 4 members (excludes halogenated alkanes) is 1. The van der Waals surface area contributed by atoms with Crippen LogP contribution in [0.3, 0.4) is 0 Å². The molecule has 1 amide bonds. The van der Waals surface area contributed by atoms with E-state index in [9.17, 15) is 9.59 Å². The highest BCUT2D eigenvalue weighted by molar-refractivity contribution is 5.83. The number of hydrogen-bond donors (Lipinski definition) is 3. The summed E-state index contributed by atoms with van der Waals surface area (Å²) in [5, 5.41) is 19.6. The second-order valence-electron chi connectivity index (χ2n) is 3.07. The maximum atomic E-state index is 11.1. The van der Waals surface area contributed by atoms with Crippen molar-refractivity contribution in [3.8, 4) is 0 Å². The number of aliphatic hydroxyl groups is 1. The van der Waals surface area contributed by atoms with Gasteiger partial charge in [-0.1, -0.05) is 13.3 Å². The first kappa shape index (κ1) is 12.9. The molecule has 0 saturated heterocycles. The van der Waals surface area contributed by atoms with Gasteiger partial charge in [-0.05, 0) is 6.42 Å². The highest BCUT2D eigenvalue weighted by Crippen LogP contribution is 1.97. The van der Waals surface area contributed by atoms with Crippen molar-refractivity contribution in [1.29, 1.82) is 0 Å². The molecule has 0 aromatic rings. The van der Waals surface area contributed by atoms with Gasteiger partial charge in [-0.3, -0.25) is 4.79 Å². The standard InChI is InChI=1S/C9H17NO4/c1-2-3-4-8(12)10-7(5-6-11)9(13)14/h7,11H,2-6H2,1H3,(H,10,12)(H,13,14)/t7-/m0/s1. The topological polar surface area (TPSA) is 86.6 Å². The minimum absolute atomic E-state index is 0.0488. The number of hydrogen-bond acceptors (Lipinski definition) is 3. The van der Waals surface area contributed by atoms with E-state index in [2.05, 4.69) is 5.32 Å². The molecule has 14 heavy (non-hydrogen) atoms. The summed E-state index contributed by atoms with van der Waals surface area (Å²) >= 11 is 0. The number of nitrogens with one attached hydrogen (secondary N) is 1. The molecule has 0 spiro atoms. The quantitative estimate of drug-likeness (QED) is 0.549. The average molecular weight is 203 g/mol. The van der Waals surface area contributed by atoms with Gasteiger partial charge in [0, 0.05) is 19.4 Å². The van der Waals surface area contributed by atoms with Crippen LogP contribution in [0.1, 0.15) is 32.6 Å². The average Bonchev–Trinajstić information content (AvgIpc) is 2.14. The Labute approximate surface area is 83.1 Å².